The van der Waals surface area contributed by atoms with E-state index in [2.05, 4.69) is 4.98 Å². The Morgan fingerprint density at radius 2 is 2.16 bits per heavy atom. The third-order valence-electron chi connectivity index (χ3n) is 2.96. The second-order valence-corrected chi connectivity index (χ2v) is 4.09. The number of hydrogen-bond donors (Lipinski definition) is 0. The van der Waals surface area contributed by atoms with Crippen molar-refractivity contribution in [2.45, 2.75) is 13.0 Å². The van der Waals surface area contributed by atoms with E-state index in [4.69, 9.17) is 9.47 Å². The summed E-state index contributed by atoms with van der Waals surface area (Å²) in [6.45, 7) is 1.77. The van der Waals surface area contributed by atoms with Crippen LogP contribution < -0.4 is 4.74 Å². The van der Waals surface area contributed by atoms with Crippen LogP contribution in [-0.2, 0) is 9.53 Å². The molecule has 5 nitrogen and oxygen atoms in total. The van der Waals surface area contributed by atoms with Gasteiger partial charge in [0.25, 0.3) is 0 Å². The van der Waals surface area contributed by atoms with E-state index in [1.807, 2.05) is 24.3 Å². The molecule has 1 atom stereocenters. The Kier molecular flexibility index (Phi) is 3.85. The minimum absolute atomic E-state index is 0.304. The molecule has 100 valence electrons. The lowest BCUT2D eigenvalue weighted by atomic mass is 10.2. The number of benzene rings is 1. The first kappa shape index (κ1) is 13.1. The van der Waals surface area contributed by atoms with Gasteiger partial charge in [-0.05, 0) is 19.1 Å². The number of carbonyl (C=O) groups excluding carboxylic acids is 1. The van der Waals surface area contributed by atoms with Gasteiger partial charge in [-0.25, -0.2) is 9.78 Å². The smallest absolute Gasteiger partial charge is 0.328 e. The molecule has 1 unspecified atom stereocenters. The van der Waals surface area contributed by atoms with Crippen LogP contribution in [0.3, 0.4) is 0 Å². The highest BCUT2D eigenvalue weighted by Gasteiger charge is 2.19. The molecular formula is C14H16N2O3. The molecule has 1 aromatic carbocycles. The normalized spacial score (nSPS) is 11.9. The Balaban J connectivity index is 2.41. The van der Waals surface area contributed by atoms with Gasteiger partial charge in [0.15, 0.2) is 0 Å². The third-order valence-corrected chi connectivity index (χ3v) is 2.96. The number of esters is 1. The zero-order valence-electron chi connectivity index (χ0n) is 11.2. The Morgan fingerprint density at radius 3 is 2.84 bits per heavy atom. The van der Waals surface area contributed by atoms with Crippen LogP contribution >= 0.6 is 0 Å². The van der Waals surface area contributed by atoms with Crippen molar-refractivity contribution in [2.24, 2.45) is 0 Å². The monoisotopic (exact) mass is 260 g/mol. The summed E-state index contributed by atoms with van der Waals surface area (Å²) in [7, 11) is 2.99. The molecular weight excluding hydrogens is 244 g/mol. The molecule has 0 bridgehead atoms. The van der Waals surface area contributed by atoms with Crippen molar-refractivity contribution in [3.63, 3.8) is 0 Å². The van der Waals surface area contributed by atoms with Crippen LogP contribution in [0.25, 0.3) is 11.4 Å². The van der Waals surface area contributed by atoms with E-state index in [1.54, 1.807) is 31.0 Å². The van der Waals surface area contributed by atoms with Crippen LogP contribution in [-0.4, -0.2) is 29.7 Å². The van der Waals surface area contributed by atoms with Crippen LogP contribution in [0.15, 0.2) is 36.7 Å². The molecule has 0 N–H and O–H groups in total. The van der Waals surface area contributed by atoms with Crippen molar-refractivity contribution < 1.29 is 14.3 Å². The van der Waals surface area contributed by atoms with E-state index in [1.165, 1.54) is 7.11 Å². The molecule has 1 heterocycles. The molecule has 0 spiro atoms. The summed E-state index contributed by atoms with van der Waals surface area (Å²) in [5.41, 5.74) is 0.889. The van der Waals surface area contributed by atoms with Crippen molar-refractivity contribution >= 4 is 5.97 Å². The fourth-order valence-corrected chi connectivity index (χ4v) is 1.90. The lowest BCUT2D eigenvalue weighted by Crippen LogP contribution is -2.18. The van der Waals surface area contributed by atoms with Gasteiger partial charge in [-0.1, -0.05) is 12.1 Å². The van der Waals surface area contributed by atoms with Crippen molar-refractivity contribution in [3.8, 4) is 17.1 Å². The highest BCUT2D eigenvalue weighted by atomic mass is 16.5. The lowest BCUT2D eigenvalue weighted by Gasteiger charge is -2.14. The molecule has 0 aliphatic carbocycles. The first-order valence-electron chi connectivity index (χ1n) is 5.92. The number of methoxy groups -OCH3 is 2. The van der Waals surface area contributed by atoms with Crippen LogP contribution in [0.1, 0.15) is 13.0 Å². The van der Waals surface area contributed by atoms with Crippen molar-refractivity contribution in [3.05, 3.63) is 36.7 Å². The molecule has 0 amide bonds. The Morgan fingerprint density at radius 1 is 1.37 bits per heavy atom. The van der Waals surface area contributed by atoms with E-state index < -0.39 is 6.04 Å². The van der Waals surface area contributed by atoms with Crippen LogP contribution in [0.2, 0.25) is 0 Å². The average Bonchev–Trinajstić information content (AvgIpc) is 2.95. The molecule has 2 rings (SSSR count). The molecule has 2 aromatic rings. The molecule has 19 heavy (non-hydrogen) atoms. The first-order chi connectivity index (χ1) is 9.17. The zero-order valence-corrected chi connectivity index (χ0v) is 11.2. The summed E-state index contributed by atoms with van der Waals surface area (Å²) in [6, 6.07) is 7.12. The number of carbonyl (C=O) groups is 1. The van der Waals surface area contributed by atoms with Crippen molar-refractivity contribution in [1.29, 1.82) is 0 Å². The SMILES string of the molecule is COC(=O)C(C)n1ccnc1-c1cccc(OC)c1. The quantitative estimate of drug-likeness (QED) is 0.791. The van der Waals surface area contributed by atoms with Gasteiger partial charge >= 0.3 is 5.97 Å². The minimum atomic E-state index is -0.422. The molecule has 0 saturated heterocycles. The van der Waals surface area contributed by atoms with Gasteiger partial charge < -0.3 is 14.0 Å². The average molecular weight is 260 g/mol. The predicted molar refractivity (Wildman–Crippen MR) is 70.9 cm³/mol. The van der Waals surface area contributed by atoms with Gasteiger partial charge in [0.2, 0.25) is 0 Å². The molecule has 0 saturated carbocycles. The van der Waals surface area contributed by atoms with Gasteiger partial charge in [0.1, 0.15) is 17.6 Å². The lowest BCUT2D eigenvalue weighted by molar-refractivity contribution is -0.143. The number of hydrogen-bond acceptors (Lipinski definition) is 4. The Hall–Kier alpha value is -2.30. The van der Waals surface area contributed by atoms with Gasteiger partial charge in [-0.2, -0.15) is 0 Å². The maximum Gasteiger partial charge on any atom is 0.328 e. The highest BCUT2D eigenvalue weighted by molar-refractivity contribution is 5.74. The van der Waals surface area contributed by atoms with Crippen molar-refractivity contribution in [1.82, 2.24) is 9.55 Å². The largest absolute Gasteiger partial charge is 0.497 e. The summed E-state index contributed by atoms with van der Waals surface area (Å²) in [5.74, 6) is 1.15. The van der Waals surface area contributed by atoms with E-state index >= 15 is 0 Å². The first-order valence-corrected chi connectivity index (χ1v) is 5.92. The molecule has 0 fully saturated rings. The maximum absolute atomic E-state index is 11.6. The summed E-state index contributed by atoms with van der Waals surface area (Å²) < 4.78 is 11.7. The van der Waals surface area contributed by atoms with Crippen LogP contribution in [0, 0.1) is 0 Å². The fourth-order valence-electron chi connectivity index (χ4n) is 1.90. The van der Waals surface area contributed by atoms with E-state index in [-0.39, 0.29) is 5.97 Å². The highest BCUT2D eigenvalue weighted by Crippen LogP contribution is 2.25. The summed E-state index contributed by atoms with van der Waals surface area (Å²) >= 11 is 0. The second-order valence-electron chi connectivity index (χ2n) is 4.09. The second kappa shape index (κ2) is 5.56. The van der Waals surface area contributed by atoms with Crippen LogP contribution in [0.5, 0.6) is 5.75 Å². The fraction of sp³-hybridized carbons (Fsp3) is 0.286. The number of rotatable bonds is 4. The Bertz CT molecular complexity index is 578. The summed E-state index contributed by atoms with van der Waals surface area (Å²) in [4.78, 5) is 15.9. The van der Waals surface area contributed by atoms with E-state index in [9.17, 15) is 4.79 Å². The number of nitrogens with zero attached hydrogens (tertiary/aromatic N) is 2. The van der Waals surface area contributed by atoms with Gasteiger partial charge in [-0.15, -0.1) is 0 Å². The number of aromatic nitrogens is 2. The summed E-state index contributed by atoms with van der Waals surface area (Å²) in [6.07, 6.45) is 3.42. The van der Waals surface area contributed by atoms with Gasteiger partial charge in [-0.3, -0.25) is 0 Å². The molecule has 1 aromatic heterocycles. The topological polar surface area (TPSA) is 53.4 Å². The number of ether oxygens (including phenoxy) is 2. The minimum Gasteiger partial charge on any atom is -0.497 e. The van der Waals surface area contributed by atoms with Crippen molar-refractivity contribution in [2.75, 3.05) is 14.2 Å². The van der Waals surface area contributed by atoms with E-state index in [0.29, 0.717) is 5.82 Å². The maximum atomic E-state index is 11.6. The molecule has 5 heteroatoms. The standard InChI is InChI=1S/C14H16N2O3/c1-10(14(17)19-3)16-8-7-15-13(16)11-5-4-6-12(9-11)18-2/h4-10H,1-3H3. The molecule has 0 aliphatic rings. The predicted octanol–water partition coefficient (Wildman–Crippen LogP) is 2.29. The van der Waals surface area contributed by atoms with Gasteiger partial charge in [0, 0.05) is 18.0 Å². The third kappa shape index (κ3) is 2.59. The summed E-state index contributed by atoms with van der Waals surface area (Å²) in [5, 5.41) is 0. The Labute approximate surface area is 111 Å². The number of imidazole rings is 1. The zero-order chi connectivity index (χ0) is 13.8. The van der Waals surface area contributed by atoms with E-state index in [0.717, 1.165) is 11.3 Å². The molecule has 0 aliphatic heterocycles. The van der Waals surface area contributed by atoms with Gasteiger partial charge in [0.05, 0.1) is 14.2 Å². The van der Waals surface area contributed by atoms with Crippen LogP contribution in [0.4, 0.5) is 0 Å². The molecule has 0 radical (unpaired) electrons.